The van der Waals surface area contributed by atoms with Crippen LogP contribution < -0.4 is 9.64 Å². The van der Waals surface area contributed by atoms with Gasteiger partial charge in [0.2, 0.25) is 5.91 Å². The Morgan fingerprint density at radius 2 is 1.81 bits per heavy atom. The van der Waals surface area contributed by atoms with Gasteiger partial charge in [-0.2, -0.15) is 0 Å². The average Bonchev–Trinajstić information content (AvgIpc) is 2.57. The van der Waals surface area contributed by atoms with Gasteiger partial charge in [0.25, 0.3) is 5.91 Å². The molecule has 3 atom stereocenters. The number of piperidine rings is 1. The molecule has 0 aliphatic carbocycles. The molecule has 2 aliphatic rings. The third kappa shape index (κ3) is 3.59. The molecule has 0 bridgehead atoms. The highest BCUT2D eigenvalue weighted by molar-refractivity contribution is 6.05. The van der Waals surface area contributed by atoms with Crippen molar-refractivity contribution in [3.05, 3.63) is 23.8 Å². The number of benzene rings is 1. The van der Waals surface area contributed by atoms with Crippen molar-refractivity contribution >= 4 is 23.3 Å². The van der Waals surface area contributed by atoms with Crippen LogP contribution in [0.5, 0.6) is 5.75 Å². The first kappa shape index (κ1) is 18.4. The zero-order valence-corrected chi connectivity index (χ0v) is 15.8. The van der Waals surface area contributed by atoms with E-state index in [1.54, 1.807) is 25.1 Å². The molecule has 1 aromatic rings. The number of ether oxygens (including phenoxy) is 1. The maximum atomic E-state index is 12.9. The minimum Gasteiger partial charge on any atom is -0.479 e. The van der Waals surface area contributed by atoms with E-state index < -0.39 is 6.10 Å². The SMILES string of the molecule is CC(=O)c1ccc2c(c1)N(CC(=O)N1CC(C)CC(C)C1)C(=O)C(C)O2. The van der Waals surface area contributed by atoms with Crippen molar-refractivity contribution in [2.24, 2.45) is 11.8 Å². The fourth-order valence-corrected chi connectivity index (χ4v) is 3.89. The van der Waals surface area contributed by atoms with Crippen molar-refractivity contribution in [1.29, 1.82) is 0 Å². The van der Waals surface area contributed by atoms with Gasteiger partial charge in [-0.05, 0) is 50.3 Å². The fourth-order valence-electron chi connectivity index (χ4n) is 3.89. The Kier molecular flexibility index (Phi) is 5.03. The predicted octanol–water partition coefficient (Wildman–Crippen LogP) is 2.51. The second kappa shape index (κ2) is 7.09. The highest BCUT2D eigenvalue weighted by Gasteiger charge is 2.35. The van der Waals surface area contributed by atoms with E-state index in [0.29, 0.717) is 28.8 Å². The van der Waals surface area contributed by atoms with Crippen molar-refractivity contribution in [3.8, 4) is 5.75 Å². The Labute approximate surface area is 154 Å². The van der Waals surface area contributed by atoms with Gasteiger partial charge in [0, 0.05) is 18.7 Å². The van der Waals surface area contributed by atoms with Crippen molar-refractivity contribution in [2.75, 3.05) is 24.5 Å². The molecule has 26 heavy (non-hydrogen) atoms. The first-order chi connectivity index (χ1) is 12.3. The molecular formula is C20H26N2O4. The van der Waals surface area contributed by atoms with Crippen LogP contribution in [0.3, 0.4) is 0 Å². The van der Waals surface area contributed by atoms with Crippen molar-refractivity contribution in [2.45, 2.75) is 40.2 Å². The van der Waals surface area contributed by atoms with Crippen molar-refractivity contribution < 1.29 is 19.1 Å². The van der Waals surface area contributed by atoms with Gasteiger partial charge in [-0.15, -0.1) is 0 Å². The van der Waals surface area contributed by atoms with E-state index in [2.05, 4.69) is 13.8 Å². The molecule has 0 spiro atoms. The van der Waals surface area contributed by atoms with Gasteiger partial charge in [-0.3, -0.25) is 19.3 Å². The topological polar surface area (TPSA) is 66.9 Å². The van der Waals surface area contributed by atoms with Gasteiger partial charge >= 0.3 is 0 Å². The number of rotatable bonds is 3. The molecule has 0 saturated carbocycles. The van der Waals surface area contributed by atoms with Crippen LogP contribution in [0.1, 0.15) is 44.5 Å². The molecule has 1 fully saturated rings. The summed E-state index contributed by atoms with van der Waals surface area (Å²) < 4.78 is 5.64. The first-order valence-corrected chi connectivity index (χ1v) is 9.17. The van der Waals surface area contributed by atoms with Crippen LogP contribution in [-0.2, 0) is 9.59 Å². The van der Waals surface area contributed by atoms with Gasteiger partial charge in [0.1, 0.15) is 12.3 Å². The molecule has 140 valence electrons. The Morgan fingerprint density at radius 3 is 2.42 bits per heavy atom. The zero-order valence-electron chi connectivity index (χ0n) is 15.8. The summed E-state index contributed by atoms with van der Waals surface area (Å²) in [4.78, 5) is 40.5. The van der Waals surface area contributed by atoms with Crippen LogP contribution in [0.25, 0.3) is 0 Å². The number of Topliss-reactive ketones (excluding diaryl/α,β-unsaturated/α-hetero) is 1. The van der Waals surface area contributed by atoms with Crippen LogP contribution >= 0.6 is 0 Å². The van der Waals surface area contributed by atoms with E-state index in [9.17, 15) is 14.4 Å². The number of fused-ring (bicyclic) bond motifs is 1. The molecule has 0 radical (unpaired) electrons. The molecule has 2 amide bonds. The summed E-state index contributed by atoms with van der Waals surface area (Å²) in [6.45, 7) is 8.85. The van der Waals surface area contributed by atoms with Crippen LogP contribution in [0.4, 0.5) is 5.69 Å². The highest BCUT2D eigenvalue weighted by atomic mass is 16.5. The Hall–Kier alpha value is -2.37. The number of hydrogen-bond donors (Lipinski definition) is 0. The van der Waals surface area contributed by atoms with E-state index in [0.717, 1.165) is 19.5 Å². The first-order valence-electron chi connectivity index (χ1n) is 9.17. The number of likely N-dealkylation sites (tertiary alicyclic amines) is 1. The Morgan fingerprint density at radius 1 is 1.15 bits per heavy atom. The minimum absolute atomic E-state index is 0.0274. The van der Waals surface area contributed by atoms with Gasteiger partial charge in [0.05, 0.1) is 5.69 Å². The number of nitrogens with zero attached hydrogens (tertiary/aromatic N) is 2. The number of ketones is 1. The summed E-state index contributed by atoms with van der Waals surface area (Å²) >= 11 is 0. The molecule has 1 aromatic carbocycles. The van der Waals surface area contributed by atoms with Gasteiger partial charge in [0.15, 0.2) is 11.9 Å². The zero-order chi connectivity index (χ0) is 19.0. The number of amides is 2. The Bertz CT molecular complexity index is 735. The maximum Gasteiger partial charge on any atom is 0.268 e. The minimum atomic E-state index is -0.655. The van der Waals surface area contributed by atoms with Gasteiger partial charge < -0.3 is 9.64 Å². The molecule has 3 unspecified atom stereocenters. The molecular weight excluding hydrogens is 332 g/mol. The molecule has 0 aromatic heterocycles. The number of carbonyl (C=O) groups excluding carboxylic acids is 3. The lowest BCUT2D eigenvalue weighted by atomic mass is 9.92. The van der Waals surface area contributed by atoms with Gasteiger partial charge in [-0.25, -0.2) is 0 Å². The second-order valence-corrected chi connectivity index (χ2v) is 7.67. The van der Waals surface area contributed by atoms with E-state index in [1.165, 1.54) is 11.8 Å². The third-order valence-electron chi connectivity index (χ3n) is 5.09. The number of anilines is 1. The summed E-state index contributed by atoms with van der Waals surface area (Å²) in [5, 5.41) is 0. The lowest BCUT2D eigenvalue weighted by Gasteiger charge is -2.38. The van der Waals surface area contributed by atoms with Crippen LogP contribution in [0, 0.1) is 11.8 Å². The smallest absolute Gasteiger partial charge is 0.268 e. The molecule has 0 N–H and O–H groups in total. The predicted molar refractivity (Wildman–Crippen MR) is 98.4 cm³/mol. The molecule has 6 heteroatoms. The molecule has 6 nitrogen and oxygen atoms in total. The lowest BCUT2D eigenvalue weighted by Crippen LogP contribution is -2.51. The van der Waals surface area contributed by atoms with Crippen molar-refractivity contribution in [1.82, 2.24) is 4.90 Å². The van der Waals surface area contributed by atoms with E-state index in [-0.39, 0.29) is 24.1 Å². The summed E-state index contributed by atoms with van der Waals surface area (Å²) in [5.41, 5.74) is 0.986. The number of carbonyl (C=O) groups is 3. The standard InChI is InChI=1S/C20H26N2O4/c1-12-7-13(2)10-21(9-12)19(24)11-22-17-8-16(14(3)23)5-6-18(17)26-15(4)20(22)25/h5-6,8,12-13,15H,7,9-11H2,1-4H3. The molecule has 3 rings (SSSR count). The summed E-state index contributed by atoms with van der Waals surface area (Å²) in [7, 11) is 0. The average molecular weight is 358 g/mol. The van der Waals surface area contributed by atoms with E-state index >= 15 is 0 Å². The van der Waals surface area contributed by atoms with E-state index in [4.69, 9.17) is 4.74 Å². The highest BCUT2D eigenvalue weighted by Crippen LogP contribution is 2.35. The maximum absolute atomic E-state index is 12.9. The number of hydrogen-bond acceptors (Lipinski definition) is 4. The summed E-state index contributed by atoms with van der Waals surface area (Å²) in [6, 6.07) is 5.01. The molecule has 1 saturated heterocycles. The molecule has 2 aliphatic heterocycles. The third-order valence-corrected chi connectivity index (χ3v) is 5.09. The largest absolute Gasteiger partial charge is 0.479 e. The quantitative estimate of drug-likeness (QED) is 0.779. The van der Waals surface area contributed by atoms with Crippen molar-refractivity contribution in [3.63, 3.8) is 0 Å². The fraction of sp³-hybridized carbons (Fsp3) is 0.550. The molecule has 2 heterocycles. The van der Waals surface area contributed by atoms with Crippen LogP contribution in [0.2, 0.25) is 0 Å². The van der Waals surface area contributed by atoms with Crippen LogP contribution in [-0.4, -0.2) is 48.2 Å². The second-order valence-electron chi connectivity index (χ2n) is 7.67. The lowest BCUT2D eigenvalue weighted by molar-refractivity contribution is -0.135. The summed E-state index contributed by atoms with van der Waals surface area (Å²) in [5.74, 6) is 1.02. The van der Waals surface area contributed by atoms with Crippen LogP contribution in [0.15, 0.2) is 18.2 Å². The monoisotopic (exact) mass is 358 g/mol. The Balaban J connectivity index is 1.86. The normalized spacial score (nSPS) is 25.5. The summed E-state index contributed by atoms with van der Waals surface area (Å²) in [6.07, 6.45) is 0.458. The van der Waals surface area contributed by atoms with Gasteiger partial charge in [-0.1, -0.05) is 13.8 Å². The van der Waals surface area contributed by atoms with E-state index in [1.807, 2.05) is 4.90 Å².